The van der Waals surface area contributed by atoms with Crippen LogP contribution < -0.4 is 10.6 Å². The summed E-state index contributed by atoms with van der Waals surface area (Å²) in [5.41, 5.74) is -0.00717. The largest absolute Gasteiger partial charge is 0.433 e. The van der Waals surface area contributed by atoms with Crippen LogP contribution in [-0.2, 0) is 11.0 Å². The molecule has 0 bridgehead atoms. The van der Waals surface area contributed by atoms with Crippen molar-refractivity contribution in [3.63, 3.8) is 0 Å². The number of benzene rings is 1. The number of nitrogens with zero attached hydrogens (tertiary/aromatic N) is 2. The SMILES string of the molecule is O=C(Nc1ccc(-n2nccc2C(F)(F)F)cc1)[C@@H]1CCCNC1. The van der Waals surface area contributed by atoms with E-state index in [0.717, 1.165) is 36.3 Å². The predicted molar refractivity (Wildman–Crippen MR) is 82.8 cm³/mol. The van der Waals surface area contributed by atoms with Crippen molar-refractivity contribution >= 4 is 11.6 Å². The molecule has 0 unspecified atom stereocenters. The summed E-state index contributed by atoms with van der Waals surface area (Å²) >= 11 is 0. The Morgan fingerprint density at radius 2 is 2.00 bits per heavy atom. The van der Waals surface area contributed by atoms with Gasteiger partial charge in [0, 0.05) is 12.2 Å². The van der Waals surface area contributed by atoms with Gasteiger partial charge >= 0.3 is 6.18 Å². The van der Waals surface area contributed by atoms with Gasteiger partial charge in [-0.2, -0.15) is 18.3 Å². The molecule has 128 valence electrons. The lowest BCUT2D eigenvalue weighted by atomic mass is 9.99. The third-order valence-electron chi connectivity index (χ3n) is 3.98. The molecule has 24 heavy (non-hydrogen) atoms. The highest BCUT2D eigenvalue weighted by Gasteiger charge is 2.35. The maximum absolute atomic E-state index is 12.9. The summed E-state index contributed by atoms with van der Waals surface area (Å²) in [6.45, 7) is 1.57. The summed E-state index contributed by atoms with van der Waals surface area (Å²) in [6.07, 6.45) is -1.58. The van der Waals surface area contributed by atoms with Gasteiger partial charge in [-0.3, -0.25) is 4.79 Å². The van der Waals surface area contributed by atoms with Gasteiger partial charge in [0.1, 0.15) is 5.69 Å². The Labute approximate surface area is 136 Å². The summed E-state index contributed by atoms with van der Waals surface area (Å²) < 4.78 is 39.5. The van der Waals surface area contributed by atoms with Gasteiger partial charge < -0.3 is 10.6 Å². The number of nitrogens with one attached hydrogen (secondary N) is 2. The molecule has 5 nitrogen and oxygen atoms in total. The first-order valence-electron chi connectivity index (χ1n) is 7.68. The molecule has 0 radical (unpaired) electrons. The number of anilines is 1. The zero-order chi connectivity index (χ0) is 17.2. The van der Waals surface area contributed by atoms with Gasteiger partial charge in [-0.05, 0) is 49.7 Å². The highest BCUT2D eigenvalue weighted by molar-refractivity contribution is 5.92. The van der Waals surface area contributed by atoms with E-state index < -0.39 is 11.9 Å². The summed E-state index contributed by atoms with van der Waals surface area (Å²) in [5, 5.41) is 9.69. The van der Waals surface area contributed by atoms with Gasteiger partial charge in [-0.1, -0.05) is 0 Å². The monoisotopic (exact) mass is 338 g/mol. The van der Waals surface area contributed by atoms with Crippen LogP contribution in [0.25, 0.3) is 5.69 Å². The van der Waals surface area contributed by atoms with E-state index in [4.69, 9.17) is 0 Å². The van der Waals surface area contributed by atoms with E-state index in [9.17, 15) is 18.0 Å². The fourth-order valence-corrected chi connectivity index (χ4v) is 2.73. The van der Waals surface area contributed by atoms with Crippen LogP contribution in [-0.4, -0.2) is 28.8 Å². The molecule has 2 N–H and O–H groups in total. The van der Waals surface area contributed by atoms with Gasteiger partial charge in [0.15, 0.2) is 0 Å². The van der Waals surface area contributed by atoms with Crippen LogP contribution in [0, 0.1) is 5.92 Å². The summed E-state index contributed by atoms with van der Waals surface area (Å²) in [6, 6.07) is 7.07. The highest BCUT2D eigenvalue weighted by Crippen LogP contribution is 2.30. The maximum Gasteiger partial charge on any atom is 0.433 e. The van der Waals surface area contributed by atoms with Crippen LogP contribution in [0.5, 0.6) is 0 Å². The molecule has 1 fully saturated rings. The number of hydrogen-bond acceptors (Lipinski definition) is 3. The molecule has 1 saturated heterocycles. The third kappa shape index (κ3) is 3.59. The van der Waals surface area contributed by atoms with Crippen LogP contribution in [0.4, 0.5) is 18.9 Å². The van der Waals surface area contributed by atoms with E-state index >= 15 is 0 Å². The van der Waals surface area contributed by atoms with Gasteiger partial charge in [0.2, 0.25) is 5.91 Å². The Morgan fingerprint density at radius 3 is 2.62 bits per heavy atom. The molecule has 0 saturated carbocycles. The van der Waals surface area contributed by atoms with Crippen molar-refractivity contribution in [3.05, 3.63) is 42.2 Å². The standard InChI is InChI=1S/C16H17F3N4O/c17-16(18,19)14-7-9-21-23(14)13-5-3-12(4-6-13)22-15(24)11-2-1-8-20-10-11/h3-7,9,11,20H,1-2,8,10H2,(H,22,24)/t11-/m1/s1. The van der Waals surface area contributed by atoms with Crippen LogP contribution in [0.15, 0.2) is 36.5 Å². The van der Waals surface area contributed by atoms with Crippen molar-refractivity contribution in [2.45, 2.75) is 19.0 Å². The minimum Gasteiger partial charge on any atom is -0.326 e. The quantitative estimate of drug-likeness (QED) is 0.905. The van der Waals surface area contributed by atoms with Crippen molar-refractivity contribution in [3.8, 4) is 5.69 Å². The van der Waals surface area contributed by atoms with Crippen LogP contribution in [0.3, 0.4) is 0 Å². The van der Waals surface area contributed by atoms with Gasteiger partial charge in [-0.15, -0.1) is 0 Å². The molecule has 8 heteroatoms. The van der Waals surface area contributed by atoms with E-state index in [1.807, 2.05) is 0 Å². The van der Waals surface area contributed by atoms with Crippen molar-refractivity contribution in [1.82, 2.24) is 15.1 Å². The minimum atomic E-state index is -4.47. The second-order valence-corrected chi connectivity index (χ2v) is 5.71. The van der Waals surface area contributed by atoms with Crippen LogP contribution in [0.1, 0.15) is 18.5 Å². The topological polar surface area (TPSA) is 59.0 Å². The fraction of sp³-hybridized carbons (Fsp3) is 0.375. The normalized spacial score (nSPS) is 18.4. The number of alkyl halides is 3. The maximum atomic E-state index is 12.9. The molecule has 1 amide bonds. The van der Waals surface area contributed by atoms with Crippen LogP contribution >= 0.6 is 0 Å². The Morgan fingerprint density at radius 1 is 1.25 bits per heavy atom. The zero-order valence-electron chi connectivity index (χ0n) is 12.8. The molecular formula is C16H17F3N4O. The fourth-order valence-electron chi connectivity index (χ4n) is 2.73. The first-order chi connectivity index (χ1) is 11.4. The number of halogens is 3. The average Bonchev–Trinajstić information content (AvgIpc) is 3.06. The Balaban J connectivity index is 1.72. The molecular weight excluding hydrogens is 321 g/mol. The molecule has 3 rings (SSSR count). The number of piperidine rings is 1. The van der Waals surface area contributed by atoms with Crippen LogP contribution in [0.2, 0.25) is 0 Å². The summed E-state index contributed by atoms with van der Waals surface area (Å²) in [4.78, 5) is 12.1. The predicted octanol–water partition coefficient (Wildman–Crippen LogP) is 2.83. The molecule has 1 aromatic heterocycles. The van der Waals surface area contributed by atoms with Gasteiger partial charge in [0.25, 0.3) is 0 Å². The number of aromatic nitrogens is 2. The Bertz CT molecular complexity index is 703. The Hall–Kier alpha value is -2.35. The second kappa shape index (κ2) is 6.64. The van der Waals surface area contributed by atoms with Crippen molar-refractivity contribution in [1.29, 1.82) is 0 Å². The van der Waals surface area contributed by atoms with E-state index in [2.05, 4.69) is 15.7 Å². The summed E-state index contributed by atoms with van der Waals surface area (Å²) in [7, 11) is 0. The number of hydrogen-bond donors (Lipinski definition) is 2. The molecule has 2 heterocycles. The van der Waals surface area contributed by atoms with Gasteiger partial charge in [0.05, 0.1) is 17.8 Å². The number of amides is 1. The van der Waals surface area contributed by atoms with E-state index in [-0.39, 0.29) is 17.5 Å². The number of rotatable bonds is 3. The number of carbonyl (C=O) groups excluding carboxylic acids is 1. The van der Waals surface area contributed by atoms with E-state index in [1.165, 1.54) is 12.1 Å². The lowest BCUT2D eigenvalue weighted by molar-refractivity contribution is -0.142. The Kier molecular flexibility index (Phi) is 4.57. The average molecular weight is 338 g/mol. The first-order valence-corrected chi connectivity index (χ1v) is 7.68. The van der Waals surface area contributed by atoms with Gasteiger partial charge in [-0.25, -0.2) is 4.68 Å². The molecule has 1 aromatic carbocycles. The molecule has 1 aliphatic rings. The first kappa shape index (κ1) is 16.5. The smallest absolute Gasteiger partial charge is 0.326 e. The lowest BCUT2D eigenvalue weighted by Gasteiger charge is -2.22. The van der Waals surface area contributed by atoms with Crippen molar-refractivity contribution < 1.29 is 18.0 Å². The van der Waals surface area contributed by atoms with Crippen molar-refractivity contribution in [2.75, 3.05) is 18.4 Å². The minimum absolute atomic E-state index is 0.0787. The zero-order valence-corrected chi connectivity index (χ0v) is 12.8. The molecule has 1 atom stereocenters. The molecule has 2 aromatic rings. The van der Waals surface area contributed by atoms with E-state index in [1.54, 1.807) is 12.1 Å². The molecule has 0 spiro atoms. The molecule has 0 aliphatic carbocycles. The van der Waals surface area contributed by atoms with E-state index in [0.29, 0.717) is 12.2 Å². The third-order valence-corrected chi connectivity index (χ3v) is 3.98. The number of carbonyl (C=O) groups is 1. The second-order valence-electron chi connectivity index (χ2n) is 5.71. The molecule has 1 aliphatic heterocycles. The summed E-state index contributed by atoms with van der Waals surface area (Å²) in [5.74, 6) is -0.161. The highest BCUT2D eigenvalue weighted by atomic mass is 19.4. The van der Waals surface area contributed by atoms with Crippen molar-refractivity contribution in [2.24, 2.45) is 5.92 Å². The lowest BCUT2D eigenvalue weighted by Crippen LogP contribution is -2.37.